The number of carbonyl (C=O) groups is 2. The van der Waals surface area contributed by atoms with Crippen LogP contribution in [-0.4, -0.2) is 21.9 Å². The second kappa shape index (κ2) is 6.08. The fraction of sp³-hybridized carbons (Fsp3) is 0.250. The molecule has 4 nitrogen and oxygen atoms in total. The summed E-state index contributed by atoms with van der Waals surface area (Å²) in [7, 11) is 0. The van der Waals surface area contributed by atoms with Gasteiger partial charge in [-0.15, -0.1) is 11.3 Å². The third-order valence-electron chi connectivity index (χ3n) is 3.93. The van der Waals surface area contributed by atoms with E-state index >= 15 is 0 Å². The van der Waals surface area contributed by atoms with E-state index in [1.165, 1.54) is 16.2 Å². The number of nitrogens with zero attached hydrogens (tertiary/aromatic N) is 1. The second-order valence-corrected chi connectivity index (χ2v) is 6.35. The summed E-state index contributed by atoms with van der Waals surface area (Å²) in [6, 6.07) is 5.88. The summed E-state index contributed by atoms with van der Waals surface area (Å²) in [6.07, 6.45) is -0.144. The first kappa shape index (κ1) is 15.6. The molecule has 120 valence electrons. The average Bonchev–Trinajstić information content (AvgIpc) is 3.11. The zero-order valence-corrected chi connectivity index (χ0v) is 12.7. The Morgan fingerprint density at radius 1 is 1.35 bits per heavy atom. The van der Waals surface area contributed by atoms with Gasteiger partial charge in [0.25, 0.3) is 0 Å². The van der Waals surface area contributed by atoms with Crippen LogP contribution >= 0.6 is 11.3 Å². The number of hydrogen-bond acceptors (Lipinski definition) is 3. The molecule has 2 heterocycles. The minimum Gasteiger partial charge on any atom is -0.481 e. The molecule has 0 bridgehead atoms. The van der Waals surface area contributed by atoms with Crippen molar-refractivity contribution in [2.24, 2.45) is 5.92 Å². The summed E-state index contributed by atoms with van der Waals surface area (Å²) in [6.45, 7) is -0.158. The Balaban J connectivity index is 1.96. The fourth-order valence-corrected chi connectivity index (χ4v) is 3.76. The van der Waals surface area contributed by atoms with Crippen LogP contribution in [0.15, 0.2) is 35.7 Å². The lowest BCUT2D eigenvalue weighted by molar-refractivity contribution is -0.142. The molecule has 7 heteroatoms. The van der Waals surface area contributed by atoms with Crippen LogP contribution in [0.4, 0.5) is 8.78 Å². The summed E-state index contributed by atoms with van der Waals surface area (Å²) in [5.41, 5.74) is 0.0333. The Kier molecular flexibility index (Phi) is 4.12. The number of rotatable bonds is 4. The molecule has 0 spiro atoms. The summed E-state index contributed by atoms with van der Waals surface area (Å²) in [5, 5.41) is 11.2. The number of carboxylic acid groups (broad SMARTS) is 1. The van der Waals surface area contributed by atoms with Gasteiger partial charge in [-0.05, 0) is 29.6 Å². The molecule has 0 radical (unpaired) electrons. The van der Waals surface area contributed by atoms with Crippen LogP contribution in [0, 0.1) is 17.6 Å². The molecule has 0 unspecified atom stereocenters. The van der Waals surface area contributed by atoms with Crippen molar-refractivity contribution in [2.75, 3.05) is 0 Å². The van der Waals surface area contributed by atoms with Gasteiger partial charge in [0.15, 0.2) is 0 Å². The molecule has 23 heavy (non-hydrogen) atoms. The molecule has 1 aliphatic heterocycles. The van der Waals surface area contributed by atoms with E-state index in [9.17, 15) is 23.5 Å². The van der Waals surface area contributed by atoms with Crippen molar-refractivity contribution in [3.63, 3.8) is 0 Å². The van der Waals surface area contributed by atoms with E-state index in [1.54, 1.807) is 17.5 Å². The quantitative estimate of drug-likeness (QED) is 0.932. The van der Waals surface area contributed by atoms with Crippen LogP contribution in [0.25, 0.3) is 0 Å². The molecule has 1 fully saturated rings. The number of carbonyl (C=O) groups excluding carboxylic acids is 1. The van der Waals surface area contributed by atoms with E-state index in [-0.39, 0.29) is 24.4 Å². The summed E-state index contributed by atoms with van der Waals surface area (Å²) in [4.78, 5) is 25.8. The molecule has 0 saturated carbocycles. The van der Waals surface area contributed by atoms with Crippen molar-refractivity contribution >= 4 is 23.2 Å². The van der Waals surface area contributed by atoms with Gasteiger partial charge in [-0.3, -0.25) is 9.59 Å². The molecule has 1 amide bonds. The van der Waals surface area contributed by atoms with Crippen LogP contribution < -0.4 is 0 Å². The molecule has 1 aromatic carbocycles. The maximum Gasteiger partial charge on any atom is 0.309 e. The molecule has 3 rings (SSSR count). The monoisotopic (exact) mass is 337 g/mol. The number of halogens is 2. The Morgan fingerprint density at radius 2 is 2.13 bits per heavy atom. The van der Waals surface area contributed by atoms with E-state index in [1.807, 2.05) is 0 Å². The maximum atomic E-state index is 13.9. The Morgan fingerprint density at radius 3 is 2.78 bits per heavy atom. The van der Waals surface area contributed by atoms with Gasteiger partial charge >= 0.3 is 5.97 Å². The first-order valence-electron chi connectivity index (χ1n) is 6.97. The molecule has 1 aliphatic rings. The molecule has 1 N–H and O–H groups in total. The summed E-state index contributed by atoms with van der Waals surface area (Å²) in [5.74, 6) is -3.56. The number of aliphatic carboxylic acids is 1. The van der Waals surface area contributed by atoms with Gasteiger partial charge in [-0.2, -0.15) is 0 Å². The molecular weight excluding hydrogens is 324 g/mol. The van der Waals surface area contributed by atoms with Gasteiger partial charge in [-0.25, -0.2) is 8.78 Å². The standard InChI is InChI=1S/C16H13F2NO3S/c17-10-3-4-12(18)9(6-10)8-19-14(20)7-11(16(21)22)15(19)13-2-1-5-23-13/h1-6,11,15H,7-8H2,(H,21,22)/t11-,15+/m0/s1. The zero-order chi connectivity index (χ0) is 16.6. The van der Waals surface area contributed by atoms with Gasteiger partial charge in [0.1, 0.15) is 11.6 Å². The predicted octanol–water partition coefficient (Wildman–Crippen LogP) is 3.20. The molecule has 1 aromatic heterocycles. The van der Waals surface area contributed by atoms with Crippen molar-refractivity contribution in [3.8, 4) is 0 Å². The molecule has 2 aromatic rings. The van der Waals surface area contributed by atoms with Gasteiger partial charge in [-0.1, -0.05) is 6.07 Å². The number of likely N-dealkylation sites (tertiary alicyclic amines) is 1. The fourth-order valence-electron chi connectivity index (χ4n) is 2.86. The van der Waals surface area contributed by atoms with E-state index in [4.69, 9.17) is 0 Å². The number of carboxylic acids is 1. The largest absolute Gasteiger partial charge is 0.481 e. The smallest absolute Gasteiger partial charge is 0.309 e. The lowest BCUT2D eigenvalue weighted by atomic mass is 9.99. The average molecular weight is 337 g/mol. The normalized spacial score (nSPS) is 21.0. The topological polar surface area (TPSA) is 57.6 Å². The number of thiophene rings is 1. The van der Waals surface area contributed by atoms with Crippen molar-refractivity contribution in [1.82, 2.24) is 4.90 Å². The van der Waals surface area contributed by atoms with Crippen molar-refractivity contribution in [2.45, 2.75) is 19.0 Å². The first-order valence-corrected chi connectivity index (χ1v) is 7.85. The SMILES string of the molecule is O=C(O)[C@H]1CC(=O)N(Cc2cc(F)ccc2F)[C@H]1c1cccs1. The highest BCUT2D eigenvalue weighted by Gasteiger charge is 2.45. The van der Waals surface area contributed by atoms with Crippen molar-refractivity contribution in [3.05, 3.63) is 57.8 Å². The highest BCUT2D eigenvalue weighted by molar-refractivity contribution is 7.10. The Hall–Kier alpha value is -2.28. The summed E-state index contributed by atoms with van der Waals surface area (Å²) < 4.78 is 27.2. The van der Waals surface area contributed by atoms with Gasteiger partial charge in [0, 0.05) is 23.4 Å². The maximum absolute atomic E-state index is 13.9. The van der Waals surface area contributed by atoms with Gasteiger partial charge in [0.05, 0.1) is 12.0 Å². The van der Waals surface area contributed by atoms with Gasteiger partial charge < -0.3 is 10.0 Å². The summed E-state index contributed by atoms with van der Waals surface area (Å²) >= 11 is 1.34. The highest BCUT2D eigenvalue weighted by atomic mass is 32.1. The predicted molar refractivity (Wildman–Crippen MR) is 79.7 cm³/mol. The van der Waals surface area contributed by atoms with Crippen molar-refractivity contribution < 1.29 is 23.5 Å². The van der Waals surface area contributed by atoms with Crippen LogP contribution in [0.1, 0.15) is 22.9 Å². The van der Waals surface area contributed by atoms with E-state index in [0.717, 1.165) is 23.1 Å². The molecular formula is C16H13F2NO3S. The van der Waals surface area contributed by atoms with Gasteiger partial charge in [0.2, 0.25) is 5.91 Å². The third kappa shape index (κ3) is 2.96. The van der Waals surface area contributed by atoms with E-state index in [2.05, 4.69) is 0 Å². The highest BCUT2D eigenvalue weighted by Crippen LogP contribution is 2.41. The van der Waals surface area contributed by atoms with Crippen molar-refractivity contribution in [1.29, 1.82) is 0 Å². The number of amides is 1. The minimum atomic E-state index is -1.07. The second-order valence-electron chi connectivity index (χ2n) is 5.37. The molecule has 0 aliphatic carbocycles. The zero-order valence-electron chi connectivity index (χ0n) is 11.9. The first-order chi connectivity index (χ1) is 11.0. The van der Waals surface area contributed by atoms with Crippen LogP contribution in [0.2, 0.25) is 0 Å². The Bertz CT molecular complexity index is 748. The molecule has 2 atom stereocenters. The van der Waals surface area contributed by atoms with E-state index < -0.39 is 29.6 Å². The van der Waals surface area contributed by atoms with Crippen LogP contribution in [-0.2, 0) is 16.1 Å². The minimum absolute atomic E-state index is 0.0333. The third-order valence-corrected chi connectivity index (χ3v) is 4.88. The van der Waals surface area contributed by atoms with Crippen LogP contribution in [0.3, 0.4) is 0 Å². The van der Waals surface area contributed by atoms with Crippen LogP contribution in [0.5, 0.6) is 0 Å². The van der Waals surface area contributed by atoms with E-state index in [0.29, 0.717) is 0 Å². The lowest BCUT2D eigenvalue weighted by Gasteiger charge is -2.26. The number of benzene rings is 1. The number of hydrogen-bond donors (Lipinski definition) is 1. The molecule has 1 saturated heterocycles. The Labute approximate surface area is 135 Å². The lowest BCUT2D eigenvalue weighted by Crippen LogP contribution is -2.30.